The van der Waals surface area contributed by atoms with Crippen LogP contribution in [-0.2, 0) is 19.2 Å². The number of carboxylic acid groups (broad SMARTS) is 5. The number of ether oxygens (including phenoxy) is 2. The molecule has 3 aromatic carbocycles. The van der Waals surface area contributed by atoms with Crippen molar-refractivity contribution in [2.45, 2.75) is 6.92 Å². The second kappa shape index (κ2) is 25.0. The molecule has 0 fully saturated rings. The number of aromatic carboxylic acids is 1. The van der Waals surface area contributed by atoms with Gasteiger partial charge in [-0.3, -0.25) is 0 Å². The molecule has 1 aromatic heterocycles. The Morgan fingerprint density at radius 2 is 1.06 bits per heavy atom. The van der Waals surface area contributed by atoms with Crippen molar-refractivity contribution in [3.8, 4) is 22.8 Å². The number of aromatic nitrogens is 1. The molecule has 4 rings (SSSR count). The summed E-state index contributed by atoms with van der Waals surface area (Å²) in [6, 6.07) is 15.3. The van der Waals surface area contributed by atoms with Crippen molar-refractivity contribution in [3.05, 3.63) is 71.8 Å². The normalized spacial score (nSPS) is 9.71. The molecule has 1 heterocycles. The third-order valence-corrected chi connectivity index (χ3v) is 6.80. The fourth-order valence-corrected chi connectivity index (χ4v) is 4.85. The molecular weight excluding hydrogens is 733 g/mol. The zero-order chi connectivity index (χ0) is 34.2. The van der Waals surface area contributed by atoms with Crippen LogP contribution in [0, 0.1) is 6.92 Å². The van der Waals surface area contributed by atoms with Crippen LogP contribution < -0.4 is 193 Å². The number of aliphatic carboxylic acids is 4. The number of anilines is 2. The number of nitrogens with one attached hydrogen (secondary N) is 1. The molecule has 4 aromatic rings. The van der Waals surface area contributed by atoms with Crippen molar-refractivity contribution < 1.29 is 207 Å². The van der Waals surface area contributed by atoms with Gasteiger partial charge in [-0.25, -0.2) is 0 Å². The number of carboxylic acids is 5. The summed E-state index contributed by atoms with van der Waals surface area (Å²) in [5, 5.41) is 57.4. The van der Waals surface area contributed by atoms with Gasteiger partial charge in [-0.2, -0.15) is 0 Å². The van der Waals surface area contributed by atoms with Gasteiger partial charge in [0, 0.05) is 22.2 Å². The molecule has 0 bridgehead atoms. The molecule has 15 nitrogen and oxygen atoms in total. The summed E-state index contributed by atoms with van der Waals surface area (Å²) in [5.74, 6) is -7.35. The van der Waals surface area contributed by atoms with Crippen LogP contribution in [0.15, 0.2) is 60.7 Å². The van der Waals surface area contributed by atoms with Gasteiger partial charge >= 0.3 is 148 Å². The number of carbonyl (C=O) groups excluding carboxylic acids is 5. The first kappa shape index (κ1) is 52.9. The summed E-state index contributed by atoms with van der Waals surface area (Å²) in [4.78, 5) is 61.8. The zero-order valence-corrected chi connectivity index (χ0v) is 39.8. The Morgan fingerprint density at radius 3 is 1.52 bits per heavy atom. The van der Waals surface area contributed by atoms with Gasteiger partial charge in [0.1, 0.15) is 24.7 Å². The molecule has 0 radical (unpaired) electrons. The van der Waals surface area contributed by atoms with E-state index in [2.05, 4.69) is 4.98 Å². The monoisotopic (exact) mass is 759 g/mol. The van der Waals surface area contributed by atoms with Gasteiger partial charge in [0.15, 0.2) is 0 Å². The summed E-state index contributed by atoms with van der Waals surface area (Å²) >= 11 is 0. The summed E-state index contributed by atoms with van der Waals surface area (Å²) in [7, 11) is 0. The van der Waals surface area contributed by atoms with Gasteiger partial charge in [-0.1, -0.05) is 24.3 Å². The minimum Gasteiger partial charge on any atom is -0.548 e. The van der Waals surface area contributed by atoms with Crippen molar-refractivity contribution in [2.24, 2.45) is 0 Å². The summed E-state index contributed by atoms with van der Waals surface area (Å²) < 4.78 is 11.8. The van der Waals surface area contributed by atoms with E-state index in [4.69, 9.17) is 9.47 Å². The van der Waals surface area contributed by atoms with E-state index in [1.54, 1.807) is 37.3 Å². The number of carbonyl (C=O) groups is 5. The van der Waals surface area contributed by atoms with Crippen LogP contribution in [0.5, 0.6) is 11.5 Å². The van der Waals surface area contributed by atoms with Gasteiger partial charge in [0.05, 0.1) is 67.4 Å². The Kier molecular flexibility index (Phi) is 25.4. The molecule has 0 aliphatic heterocycles. The molecule has 0 atom stereocenters. The van der Waals surface area contributed by atoms with Crippen LogP contribution in [0.1, 0.15) is 15.9 Å². The number of hydrogen-bond donors (Lipinski definition) is 1. The third kappa shape index (κ3) is 15.5. The molecule has 0 amide bonds. The minimum atomic E-state index is -1.56. The standard InChI is InChI=1S/C32H31N3O12.5Na/c1-18-2-6-24(34(14-28(36)37)15-29(38)39)26(10-18)46-8-9-47-27-13-20(5-7-25(27)35(16-30(40)41)17-31(42)43)22-11-19-3-4-21(32(44)45)12-23(19)33-22;;;;;/h2-7,10-13,33H,8-9,14-17H2,1H3,(H,36,37)(H,38,39)(H,40,41)(H,42,43)(H,44,45);;;;;/q;5*+1/p-5. The fourth-order valence-electron chi connectivity index (χ4n) is 4.85. The molecule has 246 valence electrons. The number of aryl methyl sites for hydroxylation is 1. The van der Waals surface area contributed by atoms with Crippen molar-refractivity contribution in [1.29, 1.82) is 0 Å². The Labute approximate surface area is 408 Å². The first-order chi connectivity index (χ1) is 22.3. The third-order valence-electron chi connectivity index (χ3n) is 6.80. The Morgan fingerprint density at radius 1 is 0.596 bits per heavy atom. The van der Waals surface area contributed by atoms with Gasteiger partial charge in [0.25, 0.3) is 0 Å². The Balaban J connectivity index is 0. The van der Waals surface area contributed by atoms with Crippen LogP contribution in [0.3, 0.4) is 0 Å². The average Bonchev–Trinajstić information content (AvgIpc) is 3.41. The number of hydrogen-bond acceptors (Lipinski definition) is 14. The van der Waals surface area contributed by atoms with E-state index < -0.39 is 56.0 Å². The largest absolute Gasteiger partial charge is 1.00 e. The van der Waals surface area contributed by atoms with E-state index in [1.165, 1.54) is 30.3 Å². The SMILES string of the molecule is Cc1ccc(N(CC(=O)[O-])CC(=O)[O-])c(OCCOc2cc(-c3cc4ccc(C(=O)[O-])cc4[nH]3)ccc2N(CC(=O)[O-])CC(=O)[O-])c1.[Na+].[Na+].[Na+].[Na+].[Na+]. The topological polar surface area (TPSA) is 241 Å². The first-order valence-electron chi connectivity index (χ1n) is 13.9. The number of fused-ring (bicyclic) bond motifs is 1. The van der Waals surface area contributed by atoms with Gasteiger partial charge in [-0.05, 0) is 54.4 Å². The zero-order valence-electron chi connectivity index (χ0n) is 29.8. The molecular formula is C32H26N3Na5O12. The van der Waals surface area contributed by atoms with E-state index >= 15 is 0 Å². The predicted molar refractivity (Wildman–Crippen MR) is 155 cm³/mol. The van der Waals surface area contributed by atoms with Crippen LogP contribution in [0.25, 0.3) is 22.2 Å². The van der Waals surface area contributed by atoms with E-state index in [0.29, 0.717) is 27.7 Å². The second-order valence-corrected chi connectivity index (χ2v) is 10.3. The van der Waals surface area contributed by atoms with E-state index in [9.17, 15) is 49.5 Å². The molecule has 0 spiro atoms. The Hall–Kier alpha value is -1.25. The summed E-state index contributed by atoms with van der Waals surface area (Å²) in [6.07, 6.45) is 0. The van der Waals surface area contributed by atoms with Crippen LogP contribution in [-0.4, -0.2) is 74.2 Å². The molecule has 0 aliphatic carbocycles. The van der Waals surface area contributed by atoms with Gasteiger partial charge < -0.3 is 73.8 Å². The van der Waals surface area contributed by atoms with Crippen molar-refractivity contribution in [3.63, 3.8) is 0 Å². The molecule has 0 unspecified atom stereocenters. The summed E-state index contributed by atoms with van der Waals surface area (Å²) in [5.41, 5.74) is 2.43. The van der Waals surface area contributed by atoms with Gasteiger partial charge in [-0.15, -0.1) is 0 Å². The molecule has 1 N–H and O–H groups in total. The van der Waals surface area contributed by atoms with E-state index in [1.807, 2.05) is 0 Å². The number of aromatic amines is 1. The van der Waals surface area contributed by atoms with E-state index in [0.717, 1.165) is 9.80 Å². The predicted octanol–water partition coefficient (Wildman–Crippen LogP) is -18.4. The number of nitrogens with zero attached hydrogens (tertiary/aromatic N) is 2. The van der Waals surface area contributed by atoms with Crippen molar-refractivity contribution in [2.75, 3.05) is 49.2 Å². The Bertz CT molecular complexity index is 1830. The maximum absolute atomic E-state index is 11.4. The number of H-pyrrole nitrogens is 1. The van der Waals surface area contributed by atoms with Gasteiger partial charge in [0.2, 0.25) is 0 Å². The average molecular weight is 760 g/mol. The smallest absolute Gasteiger partial charge is 0.548 e. The molecule has 0 aliphatic rings. The van der Waals surface area contributed by atoms with Crippen LogP contribution in [0.2, 0.25) is 0 Å². The molecule has 52 heavy (non-hydrogen) atoms. The van der Waals surface area contributed by atoms with Crippen molar-refractivity contribution >= 4 is 52.1 Å². The maximum Gasteiger partial charge on any atom is 1.00 e. The molecule has 20 heteroatoms. The first-order valence-corrected chi connectivity index (χ1v) is 13.9. The second-order valence-electron chi connectivity index (χ2n) is 10.3. The minimum absolute atomic E-state index is 0. The summed E-state index contributed by atoms with van der Waals surface area (Å²) in [6.45, 7) is -1.76. The van der Waals surface area contributed by atoms with Crippen molar-refractivity contribution in [1.82, 2.24) is 4.98 Å². The van der Waals surface area contributed by atoms with E-state index in [-0.39, 0.29) is 189 Å². The number of benzene rings is 3. The van der Waals surface area contributed by atoms with Crippen LogP contribution in [0.4, 0.5) is 11.4 Å². The fraction of sp³-hybridized carbons (Fsp3) is 0.219. The quantitative estimate of drug-likeness (QED) is 0.0777. The van der Waals surface area contributed by atoms with Crippen LogP contribution >= 0.6 is 0 Å². The molecule has 0 saturated heterocycles. The maximum atomic E-state index is 11.4. The number of rotatable bonds is 17. The molecule has 0 saturated carbocycles.